The normalized spacial score (nSPS) is 19.8. The molecule has 2 aliphatic heterocycles. The molecule has 2 aromatic carbocycles. The largest absolute Gasteiger partial charge is 0.369 e. The number of piperidine rings is 1. The summed E-state index contributed by atoms with van der Waals surface area (Å²) in [7, 11) is 0. The number of halogens is 2. The lowest BCUT2D eigenvalue weighted by atomic mass is 9.97. The Kier molecular flexibility index (Phi) is 4.92. The molecule has 2 aliphatic rings. The first kappa shape index (κ1) is 18.9. The van der Waals surface area contributed by atoms with Gasteiger partial charge < -0.3 is 21.3 Å². The van der Waals surface area contributed by atoms with E-state index in [2.05, 4.69) is 10.6 Å². The Morgan fingerprint density at radius 3 is 2.83 bits per heavy atom. The number of primary amides is 1. The molecule has 4 rings (SSSR count). The maximum absolute atomic E-state index is 14.7. The van der Waals surface area contributed by atoms with Gasteiger partial charge in [-0.2, -0.15) is 0 Å². The van der Waals surface area contributed by atoms with E-state index in [1.54, 1.807) is 12.1 Å². The number of hydrogen-bond donors (Lipinski definition) is 3. The first-order valence-corrected chi connectivity index (χ1v) is 9.34. The summed E-state index contributed by atoms with van der Waals surface area (Å²) in [5.41, 5.74) is 7.58. The van der Waals surface area contributed by atoms with Gasteiger partial charge in [0.2, 0.25) is 5.91 Å². The summed E-state index contributed by atoms with van der Waals surface area (Å²) in [6.45, 7) is 1.06. The summed E-state index contributed by atoms with van der Waals surface area (Å²) in [5.74, 6) is -1.88. The SMILES string of the molecule is NC(=O)C1CCCN(c2ccc(N/C=C3\C(=O)Nc4cc(F)ccc43)cc2F)C1. The fourth-order valence-corrected chi connectivity index (χ4v) is 3.75. The van der Waals surface area contributed by atoms with Crippen LogP contribution in [0.25, 0.3) is 5.57 Å². The second-order valence-corrected chi connectivity index (χ2v) is 7.20. The van der Waals surface area contributed by atoms with Crippen molar-refractivity contribution in [3.8, 4) is 0 Å². The maximum Gasteiger partial charge on any atom is 0.257 e. The summed E-state index contributed by atoms with van der Waals surface area (Å²) in [6, 6.07) is 8.71. The lowest BCUT2D eigenvalue weighted by Crippen LogP contribution is -2.41. The van der Waals surface area contributed by atoms with Crippen LogP contribution < -0.4 is 21.3 Å². The molecule has 6 nitrogen and oxygen atoms in total. The van der Waals surface area contributed by atoms with Crippen LogP contribution in [0.3, 0.4) is 0 Å². The van der Waals surface area contributed by atoms with Gasteiger partial charge in [-0.3, -0.25) is 9.59 Å². The van der Waals surface area contributed by atoms with Crippen molar-refractivity contribution in [2.75, 3.05) is 28.6 Å². The summed E-state index contributed by atoms with van der Waals surface area (Å²) < 4.78 is 28.0. The number of carbonyl (C=O) groups excluding carboxylic acids is 2. The molecule has 1 saturated heterocycles. The zero-order valence-corrected chi connectivity index (χ0v) is 15.5. The molecule has 1 atom stereocenters. The van der Waals surface area contributed by atoms with Crippen LogP contribution in [0.2, 0.25) is 0 Å². The van der Waals surface area contributed by atoms with Gasteiger partial charge in [-0.25, -0.2) is 8.78 Å². The number of fused-ring (bicyclic) bond motifs is 1. The van der Waals surface area contributed by atoms with E-state index in [4.69, 9.17) is 5.73 Å². The van der Waals surface area contributed by atoms with E-state index in [-0.39, 0.29) is 17.7 Å². The molecule has 0 saturated carbocycles. The number of carbonyl (C=O) groups is 2. The van der Waals surface area contributed by atoms with Crippen molar-refractivity contribution >= 4 is 34.4 Å². The highest BCUT2D eigenvalue weighted by molar-refractivity contribution is 6.31. The average molecular weight is 398 g/mol. The van der Waals surface area contributed by atoms with E-state index in [0.717, 1.165) is 6.42 Å². The number of nitrogens with two attached hydrogens (primary N) is 1. The summed E-state index contributed by atoms with van der Waals surface area (Å²) in [4.78, 5) is 25.4. The zero-order valence-electron chi connectivity index (χ0n) is 15.5. The molecule has 0 aliphatic carbocycles. The predicted octanol–water partition coefficient (Wildman–Crippen LogP) is 3.07. The lowest BCUT2D eigenvalue weighted by Gasteiger charge is -2.33. The van der Waals surface area contributed by atoms with Gasteiger partial charge in [-0.05, 0) is 49.2 Å². The van der Waals surface area contributed by atoms with Crippen molar-refractivity contribution in [1.82, 2.24) is 0 Å². The van der Waals surface area contributed by atoms with Crippen molar-refractivity contribution in [2.24, 2.45) is 11.7 Å². The minimum absolute atomic E-state index is 0.281. The highest BCUT2D eigenvalue weighted by Gasteiger charge is 2.26. The molecule has 8 heteroatoms. The minimum atomic E-state index is -0.438. The van der Waals surface area contributed by atoms with Crippen molar-refractivity contribution in [1.29, 1.82) is 0 Å². The molecule has 0 bridgehead atoms. The van der Waals surface area contributed by atoms with Gasteiger partial charge in [0.1, 0.15) is 11.6 Å². The first-order valence-electron chi connectivity index (χ1n) is 9.34. The topological polar surface area (TPSA) is 87.5 Å². The predicted molar refractivity (Wildman–Crippen MR) is 107 cm³/mol. The molecular weight excluding hydrogens is 378 g/mol. The summed E-state index contributed by atoms with van der Waals surface area (Å²) >= 11 is 0. The molecule has 4 N–H and O–H groups in total. The average Bonchev–Trinajstić information content (AvgIpc) is 3.00. The molecule has 0 spiro atoms. The van der Waals surface area contributed by atoms with E-state index in [9.17, 15) is 18.4 Å². The van der Waals surface area contributed by atoms with Crippen LogP contribution in [-0.2, 0) is 9.59 Å². The molecular formula is C21H20F2N4O2. The Morgan fingerprint density at radius 2 is 2.07 bits per heavy atom. The highest BCUT2D eigenvalue weighted by Crippen LogP contribution is 2.32. The standard InChI is InChI=1S/C21H20F2N4O2/c22-13-3-5-15-16(21(29)26-18(15)8-13)10-25-14-4-6-19(17(23)9-14)27-7-1-2-12(11-27)20(24)28/h3-6,8-10,12,25H,1-2,7,11H2,(H2,24,28)(H,26,29)/b16-10-. The number of hydrogen-bond acceptors (Lipinski definition) is 4. The van der Waals surface area contributed by atoms with Gasteiger partial charge in [0.25, 0.3) is 5.91 Å². The van der Waals surface area contributed by atoms with Gasteiger partial charge >= 0.3 is 0 Å². The number of nitrogens with one attached hydrogen (secondary N) is 2. The van der Waals surface area contributed by atoms with Gasteiger partial charge in [-0.15, -0.1) is 0 Å². The Balaban J connectivity index is 1.51. The molecule has 1 fully saturated rings. The van der Waals surface area contributed by atoms with Crippen LogP contribution in [0.15, 0.2) is 42.6 Å². The molecule has 0 aromatic heterocycles. The van der Waals surface area contributed by atoms with Crippen LogP contribution in [0.5, 0.6) is 0 Å². The Bertz CT molecular complexity index is 1020. The van der Waals surface area contributed by atoms with Gasteiger partial charge in [-0.1, -0.05) is 0 Å². The number of benzene rings is 2. The summed E-state index contributed by atoms with van der Waals surface area (Å²) in [6.07, 6.45) is 2.96. The smallest absolute Gasteiger partial charge is 0.257 e. The third-order valence-corrected chi connectivity index (χ3v) is 5.26. The van der Waals surface area contributed by atoms with Gasteiger partial charge in [0, 0.05) is 30.5 Å². The fourth-order valence-electron chi connectivity index (χ4n) is 3.75. The van der Waals surface area contributed by atoms with Gasteiger partial charge in [0.15, 0.2) is 0 Å². The zero-order chi connectivity index (χ0) is 20.5. The first-order chi connectivity index (χ1) is 13.9. The Labute approximate surface area is 166 Å². The number of rotatable bonds is 4. The maximum atomic E-state index is 14.7. The molecule has 150 valence electrons. The van der Waals surface area contributed by atoms with Crippen LogP contribution in [-0.4, -0.2) is 24.9 Å². The van der Waals surface area contributed by atoms with E-state index in [1.165, 1.54) is 30.5 Å². The molecule has 1 unspecified atom stereocenters. The molecule has 2 heterocycles. The fraction of sp³-hybridized carbons (Fsp3) is 0.238. The van der Waals surface area contributed by atoms with E-state index >= 15 is 0 Å². The van der Waals surface area contributed by atoms with E-state index in [1.807, 2.05) is 4.90 Å². The number of nitrogens with zero attached hydrogens (tertiary/aromatic N) is 1. The third kappa shape index (κ3) is 3.78. The molecule has 2 aromatic rings. The van der Waals surface area contributed by atoms with Crippen LogP contribution >= 0.6 is 0 Å². The number of anilines is 3. The third-order valence-electron chi connectivity index (χ3n) is 5.26. The second-order valence-electron chi connectivity index (χ2n) is 7.20. The van der Waals surface area contributed by atoms with Gasteiger partial charge in [0.05, 0.1) is 22.9 Å². The highest BCUT2D eigenvalue weighted by atomic mass is 19.1. The molecule has 2 amide bonds. The number of amides is 2. The Hall–Kier alpha value is -3.42. The van der Waals surface area contributed by atoms with Crippen molar-refractivity contribution in [3.05, 3.63) is 59.8 Å². The van der Waals surface area contributed by atoms with Crippen molar-refractivity contribution in [2.45, 2.75) is 12.8 Å². The second kappa shape index (κ2) is 7.54. The van der Waals surface area contributed by atoms with E-state index in [0.29, 0.717) is 47.7 Å². The monoisotopic (exact) mass is 398 g/mol. The van der Waals surface area contributed by atoms with Crippen molar-refractivity contribution < 1.29 is 18.4 Å². The molecule has 0 radical (unpaired) electrons. The van der Waals surface area contributed by atoms with Crippen LogP contribution in [0.4, 0.5) is 25.8 Å². The van der Waals surface area contributed by atoms with Crippen LogP contribution in [0.1, 0.15) is 18.4 Å². The van der Waals surface area contributed by atoms with Crippen LogP contribution in [0, 0.1) is 17.6 Å². The quantitative estimate of drug-likeness (QED) is 0.691. The van der Waals surface area contributed by atoms with Crippen molar-refractivity contribution in [3.63, 3.8) is 0 Å². The Morgan fingerprint density at radius 1 is 1.24 bits per heavy atom. The summed E-state index contributed by atoms with van der Waals surface area (Å²) in [5, 5.41) is 5.52. The lowest BCUT2D eigenvalue weighted by molar-refractivity contribution is -0.122. The minimum Gasteiger partial charge on any atom is -0.369 e. The molecule has 29 heavy (non-hydrogen) atoms. The van der Waals surface area contributed by atoms with E-state index < -0.39 is 11.6 Å².